The molecule has 144 valence electrons. The van der Waals surface area contributed by atoms with Gasteiger partial charge in [-0.3, -0.25) is 19.1 Å². The van der Waals surface area contributed by atoms with E-state index in [1.807, 2.05) is 18.2 Å². The summed E-state index contributed by atoms with van der Waals surface area (Å²) in [6.07, 6.45) is 3.50. The van der Waals surface area contributed by atoms with Crippen LogP contribution in [-0.2, 0) is 14.9 Å². The number of para-hydroxylation sites is 1. The molecule has 1 aliphatic heterocycles. The number of carbonyl (C=O) groups excluding carboxylic acids is 2. The van der Waals surface area contributed by atoms with Gasteiger partial charge in [0, 0.05) is 25.0 Å². The molecule has 1 N–H and O–H groups in total. The molecule has 1 atom stereocenters. The number of Topliss-reactive ketones (excluding diaryl/α,β-unsaturated/α-hetero) is 1. The molecule has 0 saturated heterocycles. The van der Waals surface area contributed by atoms with Crippen LogP contribution in [0.15, 0.2) is 54.9 Å². The summed E-state index contributed by atoms with van der Waals surface area (Å²) in [7, 11) is -3.95. The molecule has 1 aromatic carbocycles. The van der Waals surface area contributed by atoms with Gasteiger partial charge < -0.3 is 4.90 Å². The van der Waals surface area contributed by atoms with Crippen LogP contribution in [0.3, 0.4) is 0 Å². The molecule has 2 aromatic rings. The van der Waals surface area contributed by atoms with Gasteiger partial charge in [0.05, 0.1) is 5.69 Å². The van der Waals surface area contributed by atoms with E-state index in [0.29, 0.717) is 0 Å². The lowest BCUT2D eigenvalue weighted by Gasteiger charge is -2.40. The second-order valence-electron chi connectivity index (χ2n) is 5.39. The van der Waals surface area contributed by atoms with Crippen molar-refractivity contribution in [2.75, 3.05) is 11.9 Å². The highest BCUT2D eigenvalue weighted by molar-refractivity contribution is 7.90. The Balaban J connectivity index is 0.000000369. The summed E-state index contributed by atoms with van der Waals surface area (Å²) < 4.78 is 28.6. The second-order valence-corrected chi connectivity index (χ2v) is 9.29. The first kappa shape index (κ1) is 21.6. The van der Waals surface area contributed by atoms with Crippen molar-refractivity contribution in [3.8, 4) is 0 Å². The number of alkyl halides is 3. The van der Waals surface area contributed by atoms with Crippen LogP contribution in [0.2, 0.25) is 0 Å². The molecule has 0 bridgehead atoms. The van der Waals surface area contributed by atoms with E-state index in [2.05, 4.69) is 4.98 Å². The normalized spacial score (nSPS) is 19.8. The molecule has 0 saturated carbocycles. The zero-order chi connectivity index (χ0) is 20.5. The van der Waals surface area contributed by atoms with Crippen molar-refractivity contribution in [1.29, 1.82) is 0 Å². The van der Waals surface area contributed by atoms with Crippen molar-refractivity contribution in [3.05, 3.63) is 60.4 Å². The van der Waals surface area contributed by atoms with Crippen LogP contribution in [0.4, 0.5) is 5.69 Å². The lowest BCUT2D eigenvalue weighted by atomic mass is 9.90. The Morgan fingerprint density at radius 2 is 1.63 bits per heavy atom. The van der Waals surface area contributed by atoms with Crippen LogP contribution in [0.25, 0.3) is 0 Å². The SMILES string of the molecule is CN1C(=O)C(Cl)(C(Cl)(Cl)S(=O)(=O)O)C(=O)c2ccccc21.c1ccncc1. The smallest absolute Gasteiger partial charge is 0.302 e. The molecule has 1 aromatic heterocycles. The highest BCUT2D eigenvalue weighted by Crippen LogP contribution is 2.49. The number of hydrogen-bond donors (Lipinski definition) is 1. The Kier molecular flexibility index (Phi) is 6.18. The lowest BCUT2D eigenvalue weighted by Crippen LogP contribution is -2.64. The van der Waals surface area contributed by atoms with Gasteiger partial charge in [-0.05, 0) is 24.3 Å². The summed E-state index contributed by atoms with van der Waals surface area (Å²) in [4.78, 5) is 26.6. The van der Waals surface area contributed by atoms with Crippen LogP contribution < -0.4 is 4.90 Å². The summed E-state index contributed by atoms with van der Waals surface area (Å²) >= 11 is 17.1. The number of nitrogens with zero attached hydrogens (tertiary/aromatic N) is 2. The fourth-order valence-electron chi connectivity index (χ4n) is 2.33. The summed E-state index contributed by atoms with van der Waals surface area (Å²) in [5, 5.41) is 0. The van der Waals surface area contributed by atoms with Crippen molar-refractivity contribution in [1.82, 2.24) is 4.98 Å². The highest BCUT2D eigenvalue weighted by Gasteiger charge is 2.69. The third-order valence-corrected chi connectivity index (χ3v) is 7.33. The molecule has 27 heavy (non-hydrogen) atoms. The minimum Gasteiger partial charge on any atom is -0.313 e. The first-order valence-electron chi connectivity index (χ1n) is 7.27. The number of benzene rings is 1. The molecule has 0 fully saturated rings. The number of fused-ring (bicyclic) bond motifs is 1. The number of anilines is 1. The molecule has 11 heteroatoms. The molecule has 1 amide bonds. The van der Waals surface area contributed by atoms with Crippen molar-refractivity contribution in [2.45, 2.75) is 8.54 Å². The lowest BCUT2D eigenvalue weighted by molar-refractivity contribution is -0.119. The van der Waals surface area contributed by atoms with Gasteiger partial charge in [0.2, 0.25) is 4.87 Å². The predicted molar refractivity (Wildman–Crippen MR) is 103 cm³/mol. The average Bonchev–Trinajstić information content (AvgIpc) is 2.65. The summed E-state index contributed by atoms with van der Waals surface area (Å²) in [5.74, 6) is -2.26. The number of hydrogen-bond acceptors (Lipinski definition) is 5. The number of rotatable bonds is 2. The van der Waals surface area contributed by atoms with Crippen molar-refractivity contribution < 1.29 is 22.6 Å². The van der Waals surface area contributed by atoms with E-state index in [4.69, 9.17) is 39.4 Å². The van der Waals surface area contributed by atoms with Gasteiger partial charge in [-0.25, -0.2) is 0 Å². The molecule has 1 aliphatic rings. The molecule has 3 rings (SSSR count). The van der Waals surface area contributed by atoms with Crippen molar-refractivity contribution in [3.63, 3.8) is 0 Å². The number of halogens is 3. The number of carbonyl (C=O) groups is 2. The molecular weight excluding hydrogens is 439 g/mol. The number of amides is 1. The molecule has 0 aliphatic carbocycles. The molecule has 0 spiro atoms. The second kappa shape index (κ2) is 7.73. The van der Waals surface area contributed by atoms with Crippen LogP contribution in [0, 0.1) is 0 Å². The summed E-state index contributed by atoms with van der Waals surface area (Å²) in [6, 6.07) is 11.6. The van der Waals surface area contributed by atoms with E-state index in [1.165, 1.54) is 25.2 Å². The van der Waals surface area contributed by atoms with Gasteiger partial charge in [0.1, 0.15) is 0 Å². The van der Waals surface area contributed by atoms with Crippen LogP contribution in [0.5, 0.6) is 0 Å². The van der Waals surface area contributed by atoms with E-state index in [1.54, 1.807) is 18.5 Å². The molecular formula is C16H13Cl3N2O5S. The van der Waals surface area contributed by atoms with Gasteiger partial charge in [-0.15, -0.1) is 0 Å². The maximum Gasteiger partial charge on any atom is 0.302 e. The monoisotopic (exact) mass is 450 g/mol. The molecule has 2 heterocycles. The topological polar surface area (TPSA) is 105 Å². The third-order valence-electron chi connectivity index (χ3n) is 3.71. The zero-order valence-corrected chi connectivity index (χ0v) is 16.8. The van der Waals surface area contributed by atoms with Crippen LogP contribution in [0.1, 0.15) is 10.4 Å². The van der Waals surface area contributed by atoms with Gasteiger partial charge in [0.15, 0.2) is 5.78 Å². The standard InChI is InChI=1S/C11H8Cl3NO5S.C5H5N/c1-15-7-5-3-2-4-6(7)8(16)10(12,9(15)17)11(13,14)21(18,19)20;1-2-4-6-5-3-1/h2-5H,1H3,(H,18,19,20);1-5H. The number of pyridine rings is 1. The first-order valence-corrected chi connectivity index (χ1v) is 9.84. The van der Waals surface area contributed by atoms with Crippen LogP contribution in [-0.4, -0.2) is 45.2 Å². The van der Waals surface area contributed by atoms with E-state index in [0.717, 1.165) is 4.90 Å². The van der Waals surface area contributed by atoms with Gasteiger partial charge in [-0.1, -0.05) is 53.0 Å². The van der Waals surface area contributed by atoms with Gasteiger partial charge in [-0.2, -0.15) is 8.42 Å². The Labute approximate surface area is 170 Å². The largest absolute Gasteiger partial charge is 0.313 e. The van der Waals surface area contributed by atoms with E-state index < -0.39 is 30.3 Å². The number of ketones is 1. The van der Waals surface area contributed by atoms with E-state index in [-0.39, 0.29) is 11.3 Å². The fraction of sp³-hybridized carbons (Fsp3) is 0.188. The predicted octanol–water partition coefficient (Wildman–Crippen LogP) is 2.92. The van der Waals surface area contributed by atoms with Crippen LogP contribution >= 0.6 is 34.8 Å². The minimum atomic E-state index is -5.22. The minimum absolute atomic E-state index is 0.0380. The Morgan fingerprint density at radius 1 is 1.07 bits per heavy atom. The Bertz CT molecular complexity index is 942. The maximum atomic E-state index is 12.5. The summed E-state index contributed by atoms with van der Waals surface area (Å²) in [6.45, 7) is 0. The molecule has 7 nitrogen and oxygen atoms in total. The highest BCUT2D eigenvalue weighted by atomic mass is 35.5. The number of aromatic nitrogens is 1. The Morgan fingerprint density at radius 3 is 2.07 bits per heavy atom. The van der Waals surface area contributed by atoms with Crippen molar-refractivity contribution >= 4 is 62.3 Å². The fourth-order valence-corrected chi connectivity index (χ4v) is 3.72. The van der Waals surface area contributed by atoms with Crippen molar-refractivity contribution in [2.24, 2.45) is 0 Å². The molecule has 0 radical (unpaired) electrons. The third kappa shape index (κ3) is 3.68. The summed E-state index contributed by atoms with van der Waals surface area (Å²) in [5.41, 5.74) is 0.187. The van der Waals surface area contributed by atoms with Gasteiger partial charge in [0.25, 0.3) is 9.57 Å². The van der Waals surface area contributed by atoms with E-state index >= 15 is 0 Å². The average molecular weight is 452 g/mol. The first-order chi connectivity index (χ1) is 12.5. The molecule has 1 unspecified atom stereocenters. The quantitative estimate of drug-likeness (QED) is 0.428. The zero-order valence-electron chi connectivity index (χ0n) is 13.7. The maximum absolute atomic E-state index is 12.5. The van der Waals surface area contributed by atoms with Gasteiger partial charge >= 0.3 is 10.1 Å². The Hall–Kier alpha value is -1.71. The van der Waals surface area contributed by atoms with E-state index in [9.17, 15) is 18.0 Å².